The highest BCUT2D eigenvalue weighted by Gasteiger charge is 2.15. The molecule has 32 heavy (non-hydrogen) atoms. The lowest BCUT2D eigenvalue weighted by Gasteiger charge is -2.14. The largest absolute Gasteiger partial charge is 0.331 e. The second-order valence-electron chi connectivity index (χ2n) is 7.00. The van der Waals surface area contributed by atoms with Crippen LogP contribution in [-0.2, 0) is 26.2 Å². The maximum atomic E-state index is 12.7. The Kier molecular flexibility index (Phi) is 6.36. The summed E-state index contributed by atoms with van der Waals surface area (Å²) in [5.74, 6) is 0. The van der Waals surface area contributed by atoms with Gasteiger partial charge in [-0.3, -0.25) is 27.9 Å². The molecule has 3 rings (SSSR count). The topological polar surface area (TPSA) is 136 Å². The van der Waals surface area contributed by atoms with E-state index in [0.717, 1.165) is 9.13 Å². The van der Waals surface area contributed by atoms with Crippen molar-refractivity contribution in [3.8, 4) is 12.1 Å². The molecule has 10 nitrogen and oxygen atoms in total. The summed E-state index contributed by atoms with van der Waals surface area (Å²) in [7, 11) is 0. The molecule has 2 heterocycles. The molecule has 0 aliphatic heterocycles. The Morgan fingerprint density at radius 2 is 1.09 bits per heavy atom. The molecular formula is C22H20N6O4. The van der Waals surface area contributed by atoms with Crippen molar-refractivity contribution in [1.82, 2.24) is 18.3 Å². The minimum absolute atomic E-state index is 0.141. The molecule has 0 spiro atoms. The number of nitriles is 2. The lowest BCUT2D eigenvalue weighted by molar-refractivity contribution is 0.582. The summed E-state index contributed by atoms with van der Waals surface area (Å²) in [5.41, 5.74) is -1.82. The van der Waals surface area contributed by atoms with Crippen LogP contribution in [0.3, 0.4) is 0 Å². The maximum Gasteiger partial charge on any atom is 0.331 e. The van der Waals surface area contributed by atoms with Crippen LogP contribution in [-0.4, -0.2) is 18.3 Å². The van der Waals surface area contributed by atoms with Gasteiger partial charge in [-0.2, -0.15) is 10.5 Å². The summed E-state index contributed by atoms with van der Waals surface area (Å²) < 4.78 is 4.45. The molecule has 0 fully saturated rings. The molecule has 0 saturated carbocycles. The van der Waals surface area contributed by atoms with Crippen molar-refractivity contribution in [1.29, 1.82) is 10.5 Å². The standard InChI is InChI=1S/C22H20N6O4/c1-3-25-11-17(9-23)19(29)27(21(25)31)13-15-7-5-6-8-16(15)14-28-20(30)18(10-24)12-26(4-2)22(28)32/h5-8,11-12H,3-4,13-14H2,1-2H3. The average molecular weight is 432 g/mol. The molecule has 0 aliphatic rings. The van der Waals surface area contributed by atoms with E-state index in [1.54, 1.807) is 50.3 Å². The van der Waals surface area contributed by atoms with E-state index in [1.807, 2.05) is 0 Å². The summed E-state index contributed by atoms with van der Waals surface area (Å²) in [4.78, 5) is 50.7. The van der Waals surface area contributed by atoms with Crippen LogP contribution in [0.25, 0.3) is 0 Å². The van der Waals surface area contributed by atoms with Crippen LogP contribution in [0.4, 0.5) is 0 Å². The fraction of sp³-hybridized carbons (Fsp3) is 0.273. The first-order valence-corrected chi connectivity index (χ1v) is 9.91. The molecule has 0 saturated heterocycles. The number of benzene rings is 1. The quantitative estimate of drug-likeness (QED) is 0.546. The molecule has 162 valence electrons. The molecular weight excluding hydrogens is 412 g/mol. The number of hydrogen-bond acceptors (Lipinski definition) is 6. The highest BCUT2D eigenvalue weighted by Crippen LogP contribution is 2.10. The minimum Gasteiger partial charge on any atom is -0.299 e. The highest BCUT2D eigenvalue weighted by molar-refractivity contribution is 5.30. The van der Waals surface area contributed by atoms with Gasteiger partial charge in [0.15, 0.2) is 0 Å². The van der Waals surface area contributed by atoms with Gasteiger partial charge in [0.1, 0.15) is 23.3 Å². The Labute approximate surface area is 182 Å². The van der Waals surface area contributed by atoms with E-state index in [-0.39, 0.29) is 37.3 Å². The summed E-state index contributed by atoms with van der Waals surface area (Å²) in [6, 6.07) is 10.4. The van der Waals surface area contributed by atoms with Crippen molar-refractivity contribution in [2.24, 2.45) is 0 Å². The highest BCUT2D eigenvalue weighted by atomic mass is 16.2. The third-order valence-corrected chi connectivity index (χ3v) is 5.17. The Morgan fingerprint density at radius 1 is 0.719 bits per heavy atom. The average Bonchev–Trinajstić information content (AvgIpc) is 2.80. The molecule has 0 amide bonds. The normalized spacial score (nSPS) is 10.5. The van der Waals surface area contributed by atoms with E-state index >= 15 is 0 Å². The van der Waals surface area contributed by atoms with Gasteiger partial charge in [-0.15, -0.1) is 0 Å². The summed E-state index contributed by atoms with van der Waals surface area (Å²) in [6.07, 6.45) is 2.46. The van der Waals surface area contributed by atoms with Crippen molar-refractivity contribution in [3.63, 3.8) is 0 Å². The molecule has 1 aromatic carbocycles. The van der Waals surface area contributed by atoms with Gasteiger partial charge >= 0.3 is 11.4 Å². The smallest absolute Gasteiger partial charge is 0.299 e. The fourth-order valence-corrected chi connectivity index (χ4v) is 3.40. The number of aryl methyl sites for hydroxylation is 2. The van der Waals surface area contributed by atoms with E-state index in [2.05, 4.69) is 0 Å². The van der Waals surface area contributed by atoms with Crippen LogP contribution in [0.15, 0.2) is 55.8 Å². The van der Waals surface area contributed by atoms with Crippen LogP contribution in [0, 0.1) is 22.7 Å². The van der Waals surface area contributed by atoms with Crippen molar-refractivity contribution in [3.05, 3.63) is 101 Å². The van der Waals surface area contributed by atoms with Crippen LogP contribution in [0.5, 0.6) is 0 Å². The van der Waals surface area contributed by atoms with Crippen molar-refractivity contribution >= 4 is 0 Å². The zero-order chi connectivity index (χ0) is 23.4. The Balaban J connectivity index is 2.15. The molecule has 3 aromatic rings. The lowest BCUT2D eigenvalue weighted by atomic mass is 10.1. The zero-order valence-corrected chi connectivity index (χ0v) is 17.6. The molecule has 10 heteroatoms. The Hall–Kier alpha value is -4.44. The zero-order valence-electron chi connectivity index (χ0n) is 17.6. The van der Waals surface area contributed by atoms with Gasteiger partial charge in [-0.1, -0.05) is 24.3 Å². The SMILES string of the molecule is CCn1cc(C#N)c(=O)n(Cc2ccccc2Cn2c(=O)c(C#N)cn(CC)c2=O)c1=O. The molecule has 2 aromatic heterocycles. The first kappa shape index (κ1) is 22.2. The van der Waals surface area contributed by atoms with E-state index in [1.165, 1.54) is 21.5 Å². The van der Waals surface area contributed by atoms with Gasteiger partial charge in [0, 0.05) is 25.5 Å². The third-order valence-electron chi connectivity index (χ3n) is 5.17. The second-order valence-corrected chi connectivity index (χ2v) is 7.00. The van der Waals surface area contributed by atoms with Gasteiger partial charge in [0.25, 0.3) is 11.1 Å². The predicted molar refractivity (Wildman–Crippen MR) is 115 cm³/mol. The van der Waals surface area contributed by atoms with Gasteiger partial charge in [0.05, 0.1) is 13.1 Å². The van der Waals surface area contributed by atoms with Crippen molar-refractivity contribution in [2.75, 3.05) is 0 Å². The Bertz CT molecular complexity index is 1390. The molecule has 0 radical (unpaired) electrons. The second kappa shape index (κ2) is 9.14. The van der Waals surface area contributed by atoms with Crippen LogP contribution in [0.1, 0.15) is 36.1 Å². The van der Waals surface area contributed by atoms with Crippen molar-refractivity contribution < 1.29 is 0 Å². The molecule has 0 atom stereocenters. The number of aromatic nitrogens is 4. The van der Waals surface area contributed by atoms with Gasteiger partial charge < -0.3 is 0 Å². The van der Waals surface area contributed by atoms with Crippen molar-refractivity contribution in [2.45, 2.75) is 40.0 Å². The third kappa shape index (κ3) is 3.94. The van der Waals surface area contributed by atoms with Gasteiger partial charge in [-0.25, -0.2) is 9.59 Å². The first-order valence-electron chi connectivity index (χ1n) is 9.91. The lowest BCUT2D eigenvalue weighted by Crippen LogP contribution is -2.42. The van der Waals surface area contributed by atoms with Crippen LogP contribution >= 0.6 is 0 Å². The monoisotopic (exact) mass is 432 g/mol. The number of hydrogen-bond donors (Lipinski definition) is 0. The molecule has 0 N–H and O–H groups in total. The van der Waals surface area contributed by atoms with Gasteiger partial charge in [-0.05, 0) is 25.0 Å². The van der Waals surface area contributed by atoms with Crippen LogP contribution < -0.4 is 22.5 Å². The van der Waals surface area contributed by atoms with E-state index < -0.39 is 22.5 Å². The number of rotatable bonds is 6. The van der Waals surface area contributed by atoms with E-state index in [0.29, 0.717) is 11.1 Å². The summed E-state index contributed by atoms with van der Waals surface area (Å²) in [5, 5.41) is 18.5. The fourth-order valence-electron chi connectivity index (χ4n) is 3.40. The van der Waals surface area contributed by atoms with E-state index in [4.69, 9.17) is 0 Å². The van der Waals surface area contributed by atoms with Gasteiger partial charge in [0.2, 0.25) is 0 Å². The van der Waals surface area contributed by atoms with Crippen LogP contribution in [0.2, 0.25) is 0 Å². The molecule has 0 bridgehead atoms. The minimum atomic E-state index is -0.714. The maximum absolute atomic E-state index is 12.7. The number of nitrogens with zero attached hydrogens (tertiary/aromatic N) is 6. The van der Waals surface area contributed by atoms with E-state index in [9.17, 15) is 29.7 Å². The Morgan fingerprint density at radius 3 is 1.41 bits per heavy atom. The summed E-state index contributed by atoms with van der Waals surface area (Å²) >= 11 is 0. The molecule has 0 aliphatic carbocycles. The molecule has 0 unspecified atom stereocenters. The predicted octanol–water partition coefficient (Wildman–Crippen LogP) is 0.213. The first-order chi connectivity index (χ1) is 15.4. The summed E-state index contributed by atoms with van der Waals surface area (Å²) in [6.45, 7) is 3.72.